The van der Waals surface area contributed by atoms with E-state index in [1.54, 1.807) is 6.92 Å². The summed E-state index contributed by atoms with van der Waals surface area (Å²) in [6.45, 7) is 1.67. The Hall–Kier alpha value is -1.72. The van der Waals surface area contributed by atoms with Gasteiger partial charge in [0.15, 0.2) is 0 Å². The molecule has 1 heterocycles. The summed E-state index contributed by atoms with van der Waals surface area (Å²) in [5.41, 5.74) is 4.95. The fraction of sp³-hybridized carbons (Fsp3) is 0.222. The van der Waals surface area contributed by atoms with Crippen molar-refractivity contribution in [3.8, 4) is 0 Å². The number of hydrogen-bond donors (Lipinski definition) is 2. The molecule has 3 nitrogen and oxygen atoms in total. The molecule has 0 aliphatic carbocycles. The lowest BCUT2D eigenvalue weighted by Gasteiger charge is -2.09. The van der Waals surface area contributed by atoms with Crippen LogP contribution in [0.4, 0.5) is 18.9 Å². The molecule has 0 spiro atoms. The largest absolute Gasteiger partial charge is 0.418 e. The van der Waals surface area contributed by atoms with Gasteiger partial charge in [0.05, 0.1) is 16.6 Å². The van der Waals surface area contributed by atoms with Crippen LogP contribution in [-0.2, 0) is 6.18 Å². The van der Waals surface area contributed by atoms with Crippen LogP contribution in [0.1, 0.15) is 11.4 Å². The van der Waals surface area contributed by atoms with Crippen molar-refractivity contribution in [2.75, 3.05) is 5.73 Å². The molecule has 15 heavy (non-hydrogen) atoms. The summed E-state index contributed by atoms with van der Waals surface area (Å²) < 4.78 is 37.4. The smallest absolute Gasteiger partial charge is 0.398 e. The highest BCUT2D eigenvalue weighted by Crippen LogP contribution is 2.35. The van der Waals surface area contributed by atoms with Gasteiger partial charge in [-0.05, 0) is 19.1 Å². The zero-order valence-corrected chi connectivity index (χ0v) is 7.81. The number of nitrogens with one attached hydrogen (secondary N) is 1. The molecule has 0 unspecified atom stereocenters. The van der Waals surface area contributed by atoms with Crippen molar-refractivity contribution in [1.82, 2.24) is 9.97 Å². The van der Waals surface area contributed by atoms with Gasteiger partial charge in [-0.1, -0.05) is 0 Å². The topological polar surface area (TPSA) is 54.7 Å². The highest BCUT2D eigenvalue weighted by atomic mass is 19.4. The first-order valence-corrected chi connectivity index (χ1v) is 4.21. The van der Waals surface area contributed by atoms with Gasteiger partial charge in [0.1, 0.15) is 5.82 Å². The number of rotatable bonds is 0. The molecule has 3 N–H and O–H groups in total. The van der Waals surface area contributed by atoms with Crippen molar-refractivity contribution in [1.29, 1.82) is 0 Å². The number of aromatic amines is 1. The number of hydrogen-bond acceptors (Lipinski definition) is 2. The molecule has 0 aliphatic rings. The minimum Gasteiger partial charge on any atom is -0.398 e. The monoisotopic (exact) mass is 215 g/mol. The van der Waals surface area contributed by atoms with Crippen LogP contribution in [0.2, 0.25) is 0 Å². The molecule has 0 fully saturated rings. The summed E-state index contributed by atoms with van der Waals surface area (Å²) in [6, 6.07) is 2.20. The number of imidazole rings is 1. The van der Waals surface area contributed by atoms with E-state index in [2.05, 4.69) is 9.97 Å². The Labute approximate surface area is 83.1 Å². The SMILES string of the molecule is Cc1nc2cc(N)c(C(F)(F)F)cc2[nH]1. The molecule has 6 heteroatoms. The van der Waals surface area contributed by atoms with Gasteiger partial charge in [0.2, 0.25) is 0 Å². The van der Waals surface area contributed by atoms with Gasteiger partial charge < -0.3 is 10.7 Å². The van der Waals surface area contributed by atoms with Crippen LogP contribution in [0, 0.1) is 6.92 Å². The van der Waals surface area contributed by atoms with E-state index in [-0.39, 0.29) is 5.69 Å². The van der Waals surface area contributed by atoms with Gasteiger partial charge in [-0.3, -0.25) is 0 Å². The summed E-state index contributed by atoms with van der Waals surface area (Å²) in [4.78, 5) is 6.73. The number of nitrogen functional groups attached to an aromatic ring is 1. The molecule has 80 valence electrons. The molecular formula is C9H8F3N3. The Balaban J connectivity index is 2.72. The number of aromatic nitrogens is 2. The molecule has 2 rings (SSSR count). The van der Waals surface area contributed by atoms with E-state index < -0.39 is 11.7 Å². The number of halogens is 3. The predicted octanol–water partition coefficient (Wildman–Crippen LogP) is 2.47. The third-order valence-corrected chi connectivity index (χ3v) is 2.08. The molecule has 1 aromatic heterocycles. The minimum atomic E-state index is -4.43. The Morgan fingerprint density at radius 2 is 2.00 bits per heavy atom. The quantitative estimate of drug-likeness (QED) is 0.663. The molecule has 0 radical (unpaired) electrons. The lowest BCUT2D eigenvalue weighted by Crippen LogP contribution is -2.08. The van der Waals surface area contributed by atoms with Crippen molar-refractivity contribution >= 4 is 16.7 Å². The van der Waals surface area contributed by atoms with Crippen molar-refractivity contribution in [3.05, 3.63) is 23.5 Å². The van der Waals surface area contributed by atoms with Gasteiger partial charge in [-0.15, -0.1) is 0 Å². The first-order chi connectivity index (χ1) is 6.88. The molecule has 0 atom stereocenters. The van der Waals surface area contributed by atoms with Gasteiger partial charge in [0, 0.05) is 5.69 Å². The van der Waals surface area contributed by atoms with Crippen molar-refractivity contribution in [2.45, 2.75) is 13.1 Å². The molecule has 0 bridgehead atoms. The number of nitrogens with zero attached hydrogens (tertiary/aromatic N) is 1. The van der Waals surface area contributed by atoms with E-state index in [9.17, 15) is 13.2 Å². The van der Waals surface area contributed by atoms with Gasteiger partial charge in [-0.2, -0.15) is 13.2 Å². The second-order valence-corrected chi connectivity index (χ2v) is 3.28. The maximum atomic E-state index is 12.5. The summed E-state index contributed by atoms with van der Waals surface area (Å²) >= 11 is 0. The van der Waals surface area contributed by atoms with E-state index >= 15 is 0 Å². The average molecular weight is 215 g/mol. The van der Waals surface area contributed by atoms with Crippen LogP contribution < -0.4 is 5.73 Å². The van der Waals surface area contributed by atoms with Gasteiger partial charge in [0.25, 0.3) is 0 Å². The van der Waals surface area contributed by atoms with E-state index in [1.165, 1.54) is 6.07 Å². The summed E-state index contributed by atoms with van der Waals surface area (Å²) in [5, 5.41) is 0. The van der Waals surface area contributed by atoms with Crippen molar-refractivity contribution in [3.63, 3.8) is 0 Å². The maximum absolute atomic E-state index is 12.5. The Morgan fingerprint density at radius 3 is 2.60 bits per heavy atom. The van der Waals surface area contributed by atoms with Gasteiger partial charge in [-0.25, -0.2) is 4.98 Å². The van der Waals surface area contributed by atoms with E-state index in [1.807, 2.05) is 0 Å². The number of nitrogens with two attached hydrogens (primary N) is 1. The number of alkyl halides is 3. The lowest BCUT2D eigenvalue weighted by atomic mass is 10.1. The van der Waals surface area contributed by atoms with Crippen molar-refractivity contribution in [2.24, 2.45) is 0 Å². The zero-order chi connectivity index (χ0) is 11.2. The normalized spacial score (nSPS) is 12.3. The molecule has 0 aliphatic heterocycles. The summed E-state index contributed by atoms with van der Waals surface area (Å²) in [5.74, 6) is 0.559. The molecular weight excluding hydrogens is 207 g/mol. The summed E-state index contributed by atoms with van der Waals surface area (Å²) in [7, 11) is 0. The molecule has 0 saturated carbocycles. The van der Waals surface area contributed by atoms with Crippen LogP contribution in [0.25, 0.3) is 11.0 Å². The number of benzene rings is 1. The third kappa shape index (κ3) is 1.62. The van der Waals surface area contributed by atoms with E-state index in [4.69, 9.17) is 5.73 Å². The fourth-order valence-corrected chi connectivity index (χ4v) is 1.45. The number of anilines is 1. The second-order valence-electron chi connectivity index (χ2n) is 3.28. The van der Waals surface area contributed by atoms with Crippen LogP contribution in [0.3, 0.4) is 0 Å². The zero-order valence-electron chi connectivity index (χ0n) is 7.81. The Bertz CT molecular complexity index is 513. The predicted molar refractivity (Wildman–Crippen MR) is 50.2 cm³/mol. The van der Waals surface area contributed by atoms with Crippen LogP contribution in [0.15, 0.2) is 12.1 Å². The summed E-state index contributed by atoms with van der Waals surface area (Å²) in [6.07, 6.45) is -4.43. The maximum Gasteiger partial charge on any atom is 0.418 e. The third-order valence-electron chi connectivity index (χ3n) is 2.08. The van der Waals surface area contributed by atoms with Crippen molar-refractivity contribution < 1.29 is 13.2 Å². The van der Waals surface area contributed by atoms with Crippen LogP contribution in [-0.4, -0.2) is 9.97 Å². The minimum absolute atomic E-state index is 0.304. The van der Waals surface area contributed by atoms with E-state index in [0.717, 1.165) is 6.07 Å². The highest BCUT2D eigenvalue weighted by molar-refractivity contribution is 5.81. The highest BCUT2D eigenvalue weighted by Gasteiger charge is 2.33. The van der Waals surface area contributed by atoms with Gasteiger partial charge >= 0.3 is 6.18 Å². The number of aryl methyl sites for hydroxylation is 1. The average Bonchev–Trinajstić information content (AvgIpc) is 2.40. The standard InChI is InChI=1S/C9H8F3N3/c1-4-14-7-2-5(9(10,11)12)6(13)3-8(7)15-4/h2-3H,13H2,1H3,(H,14,15). The second kappa shape index (κ2) is 2.88. The van der Waals surface area contributed by atoms with E-state index in [0.29, 0.717) is 16.9 Å². The Kier molecular flexibility index (Phi) is 1.89. The molecule has 0 saturated heterocycles. The number of fused-ring (bicyclic) bond motifs is 1. The Morgan fingerprint density at radius 1 is 1.33 bits per heavy atom. The molecule has 2 aromatic rings. The molecule has 1 aromatic carbocycles. The fourth-order valence-electron chi connectivity index (χ4n) is 1.45. The molecule has 0 amide bonds. The van der Waals surface area contributed by atoms with Crippen LogP contribution >= 0.6 is 0 Å². The first-order valence-electron chi connectivity index (χ1n) is 4.21. The van der Waals surface area contributed by atoms with Crippen LogP contribution in [0.5, 0.6) is 0 Å². The number of H-pyrrole nitrogens is 1. The lowest BCUT2D eigenvalue weighted by molar-refractivity contribution is -0.136. The first kappa shape index (κ1) is 9.82.